The highest BCUT2D eigenvalue weighted by Crippen LogP contribution is 2.07. The Morgan fingerprint density at radius 3 is 2.75 bits per heavy atom. The van der Waals surface area contributed by atoms with Gasteiger partial charge in [-0.05, 0) is 32.9 Å². The molecule has 0 saturated carbocycles. The highest BCUT2D eigenvalue weighted by molar-refractivity contribution is 5.98. The van der Waals surface area contributed by atoms with Crippen molar-refractivity contribution >= 4 is 11.7 Å². The summed E-state index contributed by atoms with van der Waals surface area (Å²) in [6.45, 7) is 5.05. The van der Waals surface area contributed by atoms with E-state index in [0.29, 0.717) is 0 Å². The lowest BCUT2D eigenvalue weighted by Gasteiger charge is -2.21. The van der Waals surface area contributed by atoms with Gasteiger partial charge in [0.15, 0.2) is 0 Å². The van der Waals surface area contributed by atoms with Crippen molar-refractivity contribution < 1.29 is 10.0 Å². The Hall–Kier alpha value is -1.30. The van der Waals surface area contributed by atoms with Crippen molar-refractivity contribution in [3.05, 3.63) is 0 Å². The van der Waals surface area contributed by atoms with E-state index in [1.54, 1.807) is 0 Å². The molecule has 16 heavy (non-hydrogen) atoms. The van der Waals surface area contributed by atoms with Gasteiger partial charge in [0.25, 0.3) is 0 Å². The third-order valence-corrected chi connectivity index (χ3v) is 2.61. The molecule has 1 aliphatic rings. The quantitative estimate of drug-likeness (QED) is 0.261. The van der Waals surface area contributed by atoms with Crippen molar-refractivity contribution in [2.24, 2.45) is 10.9 Å². The number of likely N-dealkylation sites (tertiary alicyclic amines) is 1. The number of carbonyl (C=O) groups is 1. The summed E-state index contributed by atoms with van der Waals surface area (Å²) < 4.78 is 0. The normalized spacial score (nSPS) is 19.7. The molecule has 0 aromatic carbocycles. The summed E-state index contributed by atoms with van der Waals surface area (Å²) in [7, 11) is 0. The average molecular weight is 228 g/mol. The van der Waals surface area contributed by atoms with Crippen LogP contribution in [0.1, 0.15) is 26.2 Å². The minimum absolute atomic E-state index is 0.0547. The third-order valence-electron chi connectivity index (χ3n) is 2.61. The minimum atomic E-state index is -0.206. The van der Waals surface area contributed by atoms with E-state index in [1.165, 1.54) is 12.8 Å². The van der Waals surface area contributed by atoms with Crippen molar-refractivity contribution in [2.45, 2.75) is 32.2 Å². The van der Waals surface area contributed by atoms with Gasteiger partial charge in [-0.3, -0.25) is 4.79 Å². The average Bonchev–Trinajstić information content (AvgIpc) is 2.69. The van der Waals surface area contributed by atoms with Crippen LogP contribution in [0.4, 0.5) is 0 Å². The highest BCUT2D eigenvalue weighted by Gasteiger charge is 2.16. The van der Waals surface area contributed by atoms with Crippen molar-refractivity contribution in [1.29, 1.82) is 0 Å². The summed E-state index contributed by atoms with van der Waals surface area (Å²) >= 11 is 0. The Morgan fingerprint density at radius 1 is 1.56 bits per heavy atom. The van der Waals surface area contributed by atoms with Crippen LogP contribution in [0.15, 0.2) is 5.16 Å². The van der Waals surface area contributed by atoms with Crippen molar-refractivity contribution in [3.8, 4) is 0 Å². The zero-order chi connectivity index (χ0) is 12.0. The van der Waals surface area contributed by atoms with Crippen LogP contribution < -0.4 is 11.1 Å². The van der Waals surface area contributed by atoms with Gasteiger partial charge in [-0.25, -0.2) is 0 Å². The highest BCUT2D eigenvalue weighted by atomic mass is 16.4. The summed E-state index contributed by atoms with van der Waals surface area (Å²) in [5.41, 5.74) is 5.24. The van der Waals surface area contributed by atoms with E-state index in [9.17, 15) is 4.79 Å². The predicted octanol–water partition coefficient (Wildman–Crippen LogP) is -0.277. The van der Waals surface area contributed by atoms with Crippen molar-refractivity contribution in [2.75, 3.05) is 19.6 Å². The van der Waals surface area contributed by atoms with E-state index in [2.05, 4.69) is 15.4 Å². The first-order chi connectivity index (χ1) is 7.61. The summed E-state index contributed by atoms with van der Waals surface area (Å²) in [6, 6.07) is 0.0945. The second-order valence-corrected chi connectivity index (χ2v) is 4.24. The molecule has 0 radical (unpaired) electrons. The van der Waals surface area contributed by atoms with Crippen LogP contribution >= 0.6 is 0 Å². The third kappa shape index (κ3) is 4.48. The predicted molar refractivity (Wildman–Crippen MR) is 61.3 cm³/mol. The lowest BCUT2D eigenvalue weighted by atomic mass is 10.3. The maximum atomic E-state index is 11.4. The van der Waals surface area contributed by atoms with E-state index < -0.39 is 0 Å². The summed E-state index contributed by atoms with van der Waals surface area (Å²) in [4.78, 5) is 13.7. The molecular weight excluding hydrogens is 208 g/mol. The number of hydrogen-bond acceptors (Lipinski definition) is 4. The van der Waals surface area contributed by atoms with Crippen LogP contribution in [0.3, 0.4) is 0 Å². The molecule has 1 aliphatic heterocycles. The first-order valence-corrected chi connectivity index (χ1v) is 5.60. The van der Waals surface area contributed by atoms with E-state index in [4.69, 9.17) is 10.9 Å². The fourth-order valence-electron chi connectivity index (χ4n) is 1.92. The Bertz CT molecular complexity index is 262. The molecule has 1 heterocycles. The molecule has 92 valence electrons. The number of nitrogens with two attached hydrogens (primary N) is 1. The number of amides is 1. The fraction of sp³-hybridized carbons (Fsp3) is 0.800. The van der Waals surface area contributed by atoms with Gasteiger partial charge >= 0.3 is 0 Å². The minimum Gasteiger partial charge on any atom is -0.409 e. The van der Waals surface area contributed by atoms with Crippen LogP contribution in [0.25, 0.3) is 0 Å². The van der Waals surface area contributed by atoms with Crippen molar-refractivity contribution in [1.82, 2.24) is 10.2 Å². The smallest absolute Gasteiger partial charge is 0.227 e. The maximum Gasteiger partial charge on any atom is 0.227 e. The Labute approximate surface area is 95.5 Å². The van der Waals surface area contributed by atoms with Gasteiger partial charge < -0.3 is 21.2 Å². The first-order valence-electron chi connectivity index (χ1n) is 5.60. The van der Waals surface area contributed by atoms with Gasteiger partial charge in [0.2, 0.25) is 5.91 Å². The monoisotopic (exact) mass is 228 g/mol. The zero-order valence-corrected chi connectivity index (χ0v) is 9.65. The van der Waals surface area contributed by atoms with Gasteiger partial charge in [0.05, 0.1) is 6.42 Å². The van der Waals surface area contributed by atoms with Gasteiger partial charge in [0.1, 0.15) is 5.84 Å². The molecule has 1 atom stereocenters. The SMILES string of the molecule is CC(CN1CCCC1)NC(=O)C/C(N)=N/O. The second kappa shape index (κ2) is 6.32. The van der Waals surface area contributed by atoms with E-state index in [0.717, 1.165) is 19.6 Å². The number of rotatable bonds is 5. The van der Waals surface area contributed by atoms with Crippen LogP contribution in [-0.4, -0.2) is 47.5 Å². The van der Waals surface area contributed by atoms with Crippen molar-refractivity contribution in [3.63, 3.8) is 0 Å². The molecule has 4 N–H and O–H groups in total. The van der Waals surface area contributed by atoms with E-state index >= 15 is 0 Å². The summed E-state index contributed by atoms with van der Waals surface area (Å²) in [6.07, 6.45) is 2.43. The van der Waals surface area contributed by atoms with Gasteiger partial charge in [-0.15, -0.1) is 0 Å². The molecule has 1 saturated heterocycles. The molecule has 0 spiro atoms. The largest absolute Gasteiger partial charge is 0.409 e. The topological polar surface area (TPSA) is 91.0 Å². The molecule has 1 unspecified atom stereocenters. The van der Waals surface area contributed by atoms with Gasteiger partial charge in [-0.2, -0.15) is 0 Å². The molecule has 1 fully saturated rings. The fourth-order valence-corrected chi connectivity index (χ4v) is 1.92. The van der Waals surface area contributed by atoms with Crippen LogP contribution in [-0.2, 0) is 4.79 Å². The standard InChI is InChI=1S/C10H20N4O2/c1-8(7-14-4-2-3-5-14)12-10(15)6-9(11)13-16/h8,16H,2-7H2,1H3,(H2,11,13)(H,12,15). The van der Waals surface area contributed by atoms with Gasteiger partial charge in [0, 0.05) is 12.6 Å². The number of amidine groups is 1. The maximum absolute atomic E-state index is 11.4. The lowest BCUT2D eigenvalue weighted by molar-refractivity contribution is -0.120. The first kappa shape index (κ1) is 12.8. The molecule has 0 bridgehead atoms. The number of nitrogens with zero attached hydrogens (tertiary/aromatic N) is 2. The van der Waals surface area contributed by atoms with E-state index in [1.807, 2.05) is 6.92 Å². The molecule has 6 heteroatoms. The molecule has 0 aromatic heterocycles. The Balaban J connectivity index is 2.22. The number of oxime groups is 1. The van der Waals surface area contributed by atoms with E-state index in [-0.39, 0.29) is 24.2 Å². The molecule has 0 aliphatic carbocycles. The van der Waals surface area contributed by atoms with Crippen LogP contribution in [0, 0.1) is 0 Å². The number of hydrogen-bond donors (Lipinski definition) is 3. The van der Waals surface area contributed by atoms with Gasteiger partial charge in [-0.1, -0.05) is 5.16 Å². The molecule has 1 rings (SSSR count). The lowest BCUT2D eigenvalue weighted by Crippen LogP contribution is -2.42. The summed E-state index contributed by atoms with van der Waals surface area (Å²) in [5, 5.41) is 13.9. The second-order valence-electron chi connectivity index (χ2n) is 4.24. The molecular formula is C10H20N4O2. The number of nitrogens with one attached hydrogen (secondary N) is 1. The van der Waals surface area contributed by atoms with Crippen LogP contribution in [0.2, 0.25) is 0 Å². The molecule has 0 aromatic rings. The summed E-state index contributed by atoms with van der Waals surface area (Å²) in [5.74, 6) is -0.270. The molecule has 6 nitrogen and oxygen atoms in total. The number of carbonyl (C=O) groups excluding carboxylic acids is 1. The Morgan fingerprint density at radius 2 is 2.19 bits per heavy atom. The zero-order valence-electron chi connectivity index (χ0n) is 9.65. The Kier molecular flexibility index (Phi) is 5.04. The molecule has 1 amide bonds. The van der Waals surface area contributed by atoms with Crippen LogP contribution in [0.5, 0.6) is 0 Å².